The highest BCUT2D eigenvalue weighted by Gasteiger charge is 2.18. The van der Waals surface area contributed by atoms with E-state index in [0.717, 1.165) is 10.8 Å². The van der Waals surface area contributed by atoms with Crippen molar-refractivity contribution >= 4 is 34.3 Å². The summed E-state index contributed by atoms with van der Waals surface area (Å²) in [5, 5.41) is 15.1. The number of carbonyl (C=O) groups excluding carboxylic acids is 2. The smallest absolute Gasteiger partial charge is 0.322 e. The molecule has 0 aliphatic heterocycles. The number of anilines is 2. The van der Waals surface area contributed by atoms with Gasteiger partial charge in [0.15, 0.2) is 0 Å². The minimum absolute atomic E-state index is 0.0593. The number of hydrogen-bond acceptors (Lipinski definition) is 6. The number of methoxy groups -OCH3 is 1. The standard InChI is InChI=1S/C27H20N4O4/c1-34-19-15-13-18(14-16-19)26-30-31-27(35-26)29-25(33)22-10-4-5-12-23(22)28-24(32)21-11-6-8-17-7-2-3-9-20(17)21/h2-16H,1H3,(H,28,32)(H,29,31,33). The first-order chi connectivity index (χ1) is 17.1. The van der Waals surface area contributed by atoms with Crippen LogP contribution in [0.1, 0.15) is 20.7 Å². The second kappa shape index (κ2) is 9.48. The van der Waals surface area contributed by atoms with E-state index in [1.165, 1.54) is 0 Å². The Kier molecular flexibility index (Phi) is 5.92. The molecule has 0 fully saturated rings. The molecular formula is C27H20N4O4. The molecule has 0 atom stereocenters. The Labute approximate surface area is 200 Å². The summed E-state index contributed by atoms with van der Waals surface area (Å²) < 4.78 is 10.7. The van der Waals surface area contributed by atoms with Gasteiger partial charge in [0.05, 0.1) is 18.4 Å². The van der Waals surface area contributed by atoms with Crippen molar-refractivity contribution in [2.24, 2.45) is 0 Å². The van der Waals surface area contributed by atoms with Gasteiger partial charge < -0.3 is 14.5 Å². The second-order valence-corrected chi connectivity index (χ2v) is 7.62. The molecule has 2 N–H and O–H groups in total. The molecule has 0 aliphatic rings. The highest BCUT2D eigenvalue weighted by atomic mass is 16.5. The number of hydrogen-bond donors (Lipinski definition) is 2. The second-order valence-electron chi connectivity index (χ2n) is 7.62. The van der Waals surface area contributed by atoms with Gasteiger partial charge in [-0.2, -0.15) is 0 Å². The molecule has 0 spiro atoms. The summed E-state index contributed by atoms with van der Waals surface area (Å²) in [6, 6.07) is 26.9. The van der Waals surface area contributed by atoms with Crippen molar-refractivity contribution in [1.82, 2.24) is 10.2 Å². The Morgan fingerprint density at radius 3 is 2.26 bits per heavy atom. The first kappa shape index (κ1) is 21.8. The number of fused-ring (bicyclic) bond motifs is 1. The van der Waals surface area contributed by atoms with Crippen LogP contribution in [0.25, 0.3) is 22.2 Å². The van der Waals surface area contributed by atoms with Crippen molar-refractivity contribution in [2.75, 3.05) is 17.7 Å². The number of para-hydroxylation sites is 1. The fourth-order valence-electron chi connectivity index (χ4n) is 3.69. The lowest BCUT2D eigenvalue weighted by atomic mass is 10.0. The average molecular weight is 464 g/mol. The van der Waals surface area contributed by atoms with Crippen molar-refractivity contribution in [3.05, 3.63) is 102 Å². The highest BCUT2D eigenvalue weighted by Crippen LogP contribution is 2.24. The molecule has 172 valence electrons. The van der Waals surface area contributed by atoms with Crippen LogP contribution >= 0.6 is 0 Å². The Balaban J connectivity index is 1.35. The van der Waals surface area contributed by atoms with Gasteiger partial charge >= 0.3 is 6.01 Å². The normalized spacial score (nSPS) is 10.7. The Hall–Kier alpha value is -4.98. The molecule has 0 saturated heterocycles. The molecule has 2 amide bonds. The summed E-state index contributed by atoms with van der Waals surface area (Å²) >= 11 is 0. The van der Waals surface area contributed by atoms with Crippen molar-refractivity contribution in [3.8, 4) is 17.2 Å². The Morgan fingerprint density at radius 1 is 0.743 bits per heavy atom. The minimum atomic E-state index is -0.497. The monoisotopic (exact) mass is 464 g/mol. The van der Waals surface area contributed by atoms with E-state index < -0.39 is 5.91 Å². The molecule has 5 aromatic rings. The highest BCUT2D eigenvalue weighted by molar-refractivity contribution is 6.16. The Morgan fingerprint density at radius 2 is 1.43 bits per heavy atom. The number of aromatic nitrogens is 2. The van der Waals surface area contributed by atoms with Crippen LogP contribution in [-0.4, -0.2) is 29.1 Å². The van der Waals surface area contributed by atoms with Gasteiger partial charge in [-0.25, -0.2) is 0 Å². The van der Waals surface area contributed by atoms with Crippen molar-refractivity contribution in [2.45, 2.75) is 0 Å². The summed E-state index contributed by atoms with van der Waals surface area (Å²) in [7, 11) is 1.58. The maximum Gasteiger partial charge on any atom is 0.322 e. The third-order valence-corrected chi connectivity index (χ3v) is 5.44. The van der Waals surface area contributed by atoms with Gasteiger partial charge in [0.25, 0.3) is 11.8 Å². The molecule has 1 aromatic heterocycles. The van der Waals surface area contributed by atoms with Crippen LogP contribution < -0.4 is 15.4 Å². The number of nitrogens with one attached hydrogen (secondary N) is 2. The van der Waals surface area contributed by atoms with Crippen molar-refractivity contribution < 1.29 is 18.7 Å². The van der Waals surface area contributed by atoms with Crippen LogP contribution in [-0.2, 0) is 0 Å². The van der Waals surface area contributed by atoms with E-state index in [9.17, 15) is 9.59 Å². The molecule has 35 heavy (non-hydrogen) atoms. The van der Waals surface area contributed by atoms with E-state index >= 15 is 0 Å². The number of amides is 2. The van der Waals surface area contributed by atoms with Crippen LogP contribution in [0.15, 0.2) is 95.4 Å². The third kappa shape index (κ3) is 4.58. The van der Waals surface area contributed by atoms with Crippen molar-refractivity contribution in [1.29, 1.82) is 0 Å². The maximum atomic E-state index is 13.1. The molecule has 0 aliphatic carbocycles. The van der Waals surface area contributed by atoms with Crippen LogP contribution in [0.4, 0.5) is 11.7 Å². The van der Waals surface area contributed by atoms with Gasteiger partial charge in [-0.05, 0) is 53.2 Å². The quantitative estimate of drug-likeness (QED) is 0.348. The lowest BCUT2D eigenvalue weighted by Gasteiger charge is -2.11. The summed E-state index contributed by atoms with van der Waals surface area (Å²) in [6.45, 7) is 0. The van der Waals surface area contributed by atoms with Gasteiger partial charge in [-0.1, -0.05) is 53.6 Å². The summed E-state index contributed by atoms with van der Waals surface area (Å²) in [6.07, 6.45) is 0. The number of benzene rings is 4. The van der Waals surface area contributed by atoms with Gasteiger partial charge in [0, 0.05) is 11.1 Å². The zero-order chi connectivity index (χ0) is 24.2. The first-order valence-electron chi connectivity index (χ1n) is 10.8. The van der Waals surface area contributed by atoms with E-state index in [4.69, 9.17) is 9.15 Å². The van der Waals surface area contributed by atoms with Crippen LogP contribution in [0.5, 0.6) is 5.75 Å². The molecule has 5 rings (SSSR count). The predicted molar refractivity (Wildman–Crippen MR) is 133 cm³/mol. The largest absolute Gasteiger partial charge is 0.497 e. The number of rotatable bonds is 6. The molecule has 0 saturated carbocycles. The van der Waals surface area contributed by atoms with Gasteiger partial charge in [0.2, 0.25) is 5.89 Å². The SMILES string of the molecule is COc1ccc(-c2nnc(NC(=O)c3ccccc3NC(=O)c3cccc4ccccc34)o2)cc1. The van der Waals surface area contributed by atoms with Crippen LogP contribution in [0.2, 0.25) is 0 Å². The molecule has 0 radical (unpaired) electrons. The van der Waals surface area contributed by atoms with Gasteiger partial charge in [0.1, 0.15) is 5.75 Å². The zero-order valence-electron chi connectivity index (χ0n) is 18.7. The van der Waals surface area contributed by atoms with Crippen LogP contribution in [0, 0.1) is 0 Å². The minimum Gasteiger partial charge on any atom is -0.497 e. The topological polar surface area (TPSA) is 106 Å². The lowest BCUT2D eigenvalue weighted by Crippen LogP contribution is -2.18. The summed E-state index contributed by atoms with van der Waals surface area (Å²) in [5.41, 5.74) is 1.81. The number of ether oxygens (including phenoxy) is 1. The molecule has 0 unspecified atom stereocenters. The van der Waals surface area contributed by atoms with Crippen LogP contribution in [0.3, 0.4) is 0 Å². The van der Waals surface area contributed by atoms with Crippen molar-refractivity contribution in [3.63, 3.8) is 0 Å². The van der Waals surface area contributed by atoms with E-state index in [0.29, 0.717) is 22.6 Å². The van der Waals surface area contributed by atoms with Gasteiger partial charge in [-0.3, -0.25) is 14.9 Å². The lowest BCUT2D eigenvalue weighted by molar-refractivity contribution is 0.102. The molecule has 1 heterocycles. The fraction of sp³-hybridized carbons (Fsp3) is 0.0370. The van der Waals surface area contributed by atoms with E-state index in [1.54, 1.807) is 61.7 Å². The number of carbonyl (C=O) groups is 2. The molecular weight excluding hydrogens is 444 g/mol. The summed E-state index contributed by atoms with van der Waals surface area (Å²) in [5.74, 6) is 0.134. The number of nitrogens with zero attached hydrogens (tertiary/aromatic N) is 2. The molecule has 8 heteroatoms. The third-order valence-electron chi connectivity index (χ3n) is 5.44. The van der Waals surface area contributed by atoms with Gasteiger partial charge in [-0.15, -0.1) is 5.10 Å². The molecule has 4 aromatic carbocycles. The molecule has 0 bridgehead atoms. The van der Waals surface area contributed by atoms with E-state index in [2.05, 4.69) is 20.8 Å². The maximum absolute atomic E-state index is 13.1. The van der Waals surface area contributed by atoms with E-state index in [-0.39, 0.29) is 23.4 Å². The summed E-state index contributed by atoms with van der Waals surface area (Å²) in [4.78, 5) is 26.1. The Bertz CT molecular complexity index is 1520. The predicted octanol–water partition coefficient (Wildman–Crippen LogP) is 5.40. The first-order valence-corrected chi connectivity index (χ1v) is 10.8. The molecule has 8 nitrogen and oxygen atoms in total. The average Bonchev–Trinajstić information content (AvgIpc) is 3.37. The van der Waals surface area contributed by atoms with E-state index in [1.807, 2.05) is 36.4 Å². The zero-order valence-corrected chi connectivity index (χ0v) is 18.7. The fourth-order valence-corrected chi connectivity index (χ4v) is 3.69.